The van der Waals surface area contributed by atoms with Crippen LogP contribution >= 0.6 is 11.3 Å². The summed E-state index contributed by atoms with van der Waals surface area (Å²) < 4.78 is 6.74. The minimum Gasteiger partial charge on any atom is -0.461 e. The molecule has 0 aliphatic rings. The molecule has 0 unspecified atom stereocenters. The molecular formula is C16H15N3O2S. The number of rotatable bonds is 4. The SMILES string of the molecule is CCOC(=O)c1cc(-c2ccccc2)n(-c2nc(C)cs2)n1. The van der Waals surface area contributed by atoms with Crippen LogP contribution in [0.5, 0.6) is 0 Å². The van der Waals surface area contributed by atoms with E-state index in [0.29, 0.717) is 6.61 Å². The van der Waals surface area contributed by atoms with Gasteiger partial charge in [-0.05, 0) is 19.9 Å². The van der Waals surface area contributed by atoms with Crippen molar-refractivity contribution in [1.29, 1.82) is 0 Å². The molecule has 0 aliphatic carbocycles. The Morgan fingerprint density at radius 3 is 2.73 bits per heavy atom. The van der Waals surface area contributed by atoms with E-state index in [1.165, 1.54) is 11.3 Å². The van der Waals surface area contributed by atoms with Gasteiger partial charge in [-0.1, -0.05) is 30.3 Å². The molecule has 6 heteroatoms. The van der Waals surface area contributed by atoms with Gasteiger partial charge >= 0.3 is 5.97 Å². The fraction of sp³-hybridized carbons (Fsp3) is 0.188. The number of carbonyl (C=O) groups is 1. The molecule has 0 radical (unpaired) electrons. The van der Waals surface area contributed by atoms with Crippen molar-refractivity contribution in [2.45, 2.75) is 13.8 Å². The van der Waals surface area contributed by atoms with Gasteiger partial charge in [0.2, 0.25) is 5.13 Å². The zero-order valence-corrected chi connectivity index (χ0v) is 13.1. The Morgan fingerprint density at radius 2 is 2.09 bits per heavy atom. The minimum atomic E-state index is -0.424. The highest BCUT2D eigenvalue weighted by atomic mass is 32.1. The Kier molecular flexibility index (Phi) is 4.02. The lowest BCUT2D eigenvalue weighted by molar-refractivity contribution is 0.0519. The van der Waals surface area contributed by atoms with Gasteiger partial charge in [0.15, 0.2) is 5.69 Å². The molecule has 0 aliphatic heterocycles. The molecule has 0 bridgehead atoms. The van der Waals surface area contributed by atoms with Crippen LogP contribution in [0.2, 0.25) is 0 Å². The van der Waals surface area contributed by atoms with Gasteiger partial charge in [0, 0.05) is 10.9 Å². The number of benzene rings is 1. The number of aryl methyl sites for hydroxylation is 1. The normalized spacial score (nSPS) is 10.6. The second-order valence-corrected chi connectivity index (χ2v) is 5.52. The number of hydrogen-bond acceptors (Lipinski definition) is 5. The highest BCUT2D eigenvalue weighted by molar-refractivity contribution is 7.12. The predicted molar refractivity (Wildman–Crippen MR) is 85.4 cm³/mol. The topological polar surface area (TPSA) is 57.0 Å². The van der Waals surface area contributed by atoms with Crippen molar-refractivity contribution in [2.24, 2.45) is 0 Å². The molecule has 0 spiro atoms. The third-order valence-corrected chi connectivity index (χ3v) is 3.99. The zero-order valence-electron chi connectivity index (χ0n) is 12.3. The molecule has 3 rings (SSSR count). The average Bonchev–Trinajstić information content (AvgIpc) is 3.14. The van der Waals surface area contributed by atoms with E-state index in [9.17, 15) is 4.79 Å². The lowest BCUT2D eigenvalue weighted by atomic mass is 10.1. The number of thiazole rings is 1. The predicted octanol–water partition coefficient (Wildman–Crippen LogP) is 3.48. The largest absolute Gasteiger partial charge is 0.461 e. The highest BCUT2D eigenvalue weighted by Gasteiger charge is 2.18. The number of nitrogens with zero attached hydrogens (tertiary/aromatic N) is 3. The monoisotopic (exact) mass is 313 g/mol. The maximum absolute atomic E-state index is 12.0. The number of carbonyl (C=O) groups excluding carboxylic acids is 1. The molecule has 2 heterocycles. The zero-order chi connectivity index (χ0) is 15.5. The van der Waals surface area contributed by atoms with Crippen LogP contribution in [-0.2, 0) is 4.74 Å². The van der Waals surface area contributed by atoms with E-state index in [-0.39, 0.29) is 5.69 Å². The van der Waals surface area contributed by atoms with E-state index in [1.807, 2.05) is 42.6 Å². The van der Waals surface area contributed by atoms with Crippen molar-refractivity contribution in [1.82, 2.24) is 14.8 Å². The molecule has 0 atom stereocenters. The van der Waals surface area contributed by atoms with E-state index in [4.69, 9.17) is 4.74 Å². The summed E-state index contributed by atoms with van der Waals surface area (Å²) in [5.41, 5.74) is 3.00. The van der Waals surface area contributed by atoms with E-state index in [0.717, 1.165) is 22.1 Å². The molecule has 0 saturated heterocycles. The molecule has 0 fully saturated rings. The van der Waals surface area contributed by atoms with Gasteiger partial charge < -0.3 is 4.74 Å². The van der Waals surface area contributed by atoms with Crippen LogP contribution in [0.3, 0.4) is 0 Å². The van der Waals surface area contributed by atoms with Gasteiger partial charge in [0.05, 0.1) is 18.0 Å². The first kappa shape index (κ1) is 14.5. The second kappa shape index (κ2) is 6.11. The molecule has 0 amide bonds. The van der Waals surface area contributed by atoms with Gasteiger partial charge in [-0.2, -0.15) is 5.10 Å². The van der Waals surface area contributed by atoms with Crippen molar-refractivity contribution in [3.05, 3.63) is 53.2 Å². The van der Waals surface area contributed by atoms with Crippen molar-refractivity contribution in [2.75, 3.05) is 6.61 Å². The number of ether oxygens (including phenoxy) is 1. The van der Waals surface area contributed by atoms with Crippen molar-refractivity contribution in [3.8, 4) is 16.4 Å². The Hall–Kier alpha value is -2.47. The second-order valence-electron chi connectivity index (χ2n) is 4.68. The Morgan fingerprint density at radius 1 is 1.32 bits per heavy atom. The van der Waals surface area contributed by atoms with Gasteiger partial charge in [-0.25, -0.2) is 14.5 Å². The van der Waals surface area contributed by atoms with Gasteiger partial charge in [-0.3, -0.25) is 0 Å². The molecule has 5 nitrogen and oxygen atoms in total. The summed E-state index contributed by atoms with van der Waals surface area (Å²) in [5, 5.41) is 7.06. The van der Waals surface area contributed by atoms with Crippen molar-refractivity contribution >= 4 is 17.3 Å². The van der Waals surface area contributed by atoms with Gasteiger partial charge in [0.25, 0.3) is 0 Å². The molecule has 2 aromatic heterocycles. The van der Waals surface area contributed by atoms with E-state index in [2.05, 4.69) is 10.1 Å². The van der Waals surface area contributed by atoms with Crippen molar-refractivity contribution in [3.63, 3.8) is 0 Å². The molecular weight excluding hydrogens is 298 g/mol. The number of hydrogen-bond donors (Lipinski definition) is 0. The van der Waals surface area contributed by atoms with E-state index < -0.39 is 5.97 Å². The number of esters is 1. The Labute approximate surface area is 132 Å². The summed E-state index contributed by atoms with van der Waals surface area (Å²) in [7, 11) is 0. The molecule has 0 saturated carbocycles. The first-order valence-electron chi connectivity index (χ1n) is 6.94. The van der Waals surface area contributed by atoms with Crippen LogP contribution in [0.4, 0.5) is 0 Å². The van der Waals surface area contributed by atoms with Crippen LogP contribution in [0.1, 0.15) is 23.1 Å². The maximum atomic E-state index is 12.0. The van der Waals surface area contributed by atoms with E-state index in [1.54, 1.807) is 17.7 Å². The summed E-state index contributed by atoms with van der Waals surface area (Å²) >= 11 is 1.49. The minimum absolute atomic E-state index is 0.286. The third kappa shape index (κ3) is 2.78. The summed E-state index contributed by atoms with van der Waals surface area (Å²) in [5.74, 6) is -0.424. The molecule has 22 heavy (non-hydrogen) atoms. The molecule has 3 aromatic rings. The summed E-state index contributed by atoms with van der Waals surface area (Å²) in [4.78, 5) is 16.4. The lowest BCUT2D eigenvalue weighted by Gasteiger charge is -2.03. The summed E-state index contributed by atoms with van der Waals surface area (Å²) in [6.07, 6.45) is 0. The fourth-order valence-electron chi connectivity index (χ4n) is 2.09. The molecule has 1 aromatic carbocycles. The first-order chi connectivity index (χ1) is 10.7. The first-order valence-corrected chi connectivity index (χ1v) is 7.82. The average molecular weight is 313 g/mol. The third-order valence-electron chi connectivity index (χ3n) is 3.05. The fourth-order valence-corrected chi connectivity index (χ4v) is 2.85. The maximum Gasteiger partial charge on any atom is 0.358 e. The van der Waals surface area contributed by atoms with Gasteiger partial charge in [0.1, 0.15) is 0 Å². The smallest absolute Gasteiger partial charge is 0.358 e. The summed E-state index contributed by atoms with van der Waals surface area (Å²) in [6.45, 7) is 4.03. The molecule has 112 valence electrons. The molecule has 0 N–H and O–H groups in total. The van der Waals surface area contributed by atoms with Crippen LogP contribution in [0.15, 0.2) is 41.8 Å². The van der Waals surface area contributed by atoms with Crippen molar-refractivity contribution < 1.29 is 9.53 Å². The lowest BCUT2D eigenvalue weighted by Crippen LogP contribution is -2.06. The van der Waals surface area contributed by atoms with Crippen LogP contribution in [0, 0.1) is 6.92 Å². The Bertz CT molecular complexity index is 793. The number of aromatic nitrogens is 3. The highest BCUT2D eigenvalue weighted by Crippen LogP contribution is 2.25. The van der Waals surface area contributed by atoms with Crippen LogP contribution in [-0.4, -0.2) is 27.3 Å². The van der Waals surface area contributed by atoms with Crippen LogP contribution in [0.25, 0.3) is 16.4 Å². The quantitative estimate of drug-likeness (QED) is 0.692. The van der Waals surface area contributed by atoms with E-state index >= 15 is 0 Å². The standard InChI is InChI=1S/C16H15N3O2S/c1-3-21-15(20)13-9-14(12-7-5-4-6-8-12)19(18-13)16-17-11(2)10-22-16/h4-10H,3H2,1-2H3. The van der Waals surface area contributed by atoms with Crippen LogP contribution < -0.4 is 0 Å². The van der Waals surface area contributed by atoms with Gasteiger partial charge in [-0.15, -0.1) is 11.3 Å². The Balaban J connectivity index is 2.12. The summed E-state index contributed by atoms with van der Waals surface area (Å²) in [6, 6.07) is 11.5.